The lowest BCUT2D eigenvalue weighted by molar-refractivity contribution is -0.143. The van der Waals surface area contributed by atoms with Crippen LogP contribution in [0.5, 0.6) is 5.75 Å². The van der Waals surface area contributed by atoms with Gasteiger partial charge in [0.15, 0.2) is 9.84 Å². The highest BCUT2D eigenvalue weighted by molar-refractivity contribution is 7.92. The largest absolute Gasteiger partial charge is 0.497 e. The van der Waals surface area contributed by atoms with Gasteiger partial charge in [0.1, 0.15) is 11.2 Å². The molecule has 7 heteroatoms. The molecular weight excluding hydrogens is 294 g/mol. The second kappa shape index (κ2) is 5.31. The van der Waals surface area contributed by atoms with Crippen molar-refractivity contribution < 1.29 is 23.1 Å². The Hall–Kier alpha value is -1.60. The minimum Gasteiger partial charge on any atom is -0.497 e. The quantitative estimate of drug-likeness (QED) is 0.797. The molecule has 1 aromatic carbocycles. The number of benzene rings is 1. The average molecular weight is 313 g/mol. The predicted molar refractivity (Wildman–Crippen MR) is 78.1 cm³/mol. The van der Waals surface area contributed by atoms with Gasteiger partial charge in [-0.3, -0.25) is 4.79 Å². The van der Waals surface area contributed by atoms with Crippen LogP contribution < -0.4 is 10.5 Å². The van der Waals surface area contributed by atoms with Crippen LogP contribution in [0.25, 0.3) is 0 Å². The summed E-state index contributed by atoms with van der Waals surface area (Å²) in [7, 11) is -1.97. The molecule has 116 valence electrons. The van der Waals surface area contributed by atoms with E-state index in [1.165, 1.54) is 14.0 Å². The zero-order valence-corrected chi connectivity index (χ0v) is 12.8. The number of sulfone groups is 1. The molecule has 0 spiro atoms. The van der Waals surface area contributed by atoms with E-state index in [-0.39, 0.29) is 12.3 Å². The van der Waals surface area contributed by atoms with E-state index in [4.69, 9.17) is 10.5 Å². The predicted octanol–water partition coefficient (Wildman–Crippen LogP) is 0.625. The number of methoxy groups -OCH3 is 1. The lowest BCUT2D eigenvalue weighted by atomic mass is 9.99. The van der Waals surface area contributed by atoms with E-state index < -0.39 is 32.4 Å². The first-order valence-corrected chi connectivity index (χ1v) is 8.35. The number of hydrogen-bond donors (Lipinski definition) is 2. The van der Waals surface area contributed by atoms with Crippen LogP contribution in [0, 0.1) is 5.41 Å². The van der Waals surface area contributed by atoms with Gasteiger partial charge in [0, 0.05) is 18.2 Å². The third-order valence-corrected chi connectivity index (χ3v) is 6.53. The SMILES string of the molecule is CCS(=O)(=O)[C@@H]1[C@@H](c2ccc(OC)cc2)[C@@]1(CN)C(=O)O. The molecule has 1 aromatic rings. The Kier molecular flexibility index (Phi) is 3.99. The van der Waals surface area contributed by atoms with Crippen molar-refractivity contribution >= 4 is 15.8 Å². The van der Waals surface area contributed by atoms with Crippen LogP contribution in [0.15, 0.2) is 24.3 Å². The van der Waals surface area contributed by atoms with Gasteiger partial charge in [-0.2, -0.15) is 0 Å². The molecule has 3 atom stereocenters. The van der Waals surface area contributed by atoms with Crippen LogP contribution in [0.4, 0.5) is 0 Å². The maximum Gasteiger partial charge on any atom is 0.312 e. The van der Waals surface area contributed by atoms with E-state index in [1.54, 1.807) is 24.3 Å². The van der Waals surface area contributed by atoms with Crippen LogP contribution in [-0.4, -0.2) is 44.2 Å². The average Bonchev–Trinajstić information content (AvgIpc) is 3.19. The Morgan fingerprint density at radius 2 is 1.95 bits per heavy atom. The van der Waals surface area contributed by atoms with Gasteiger partial charge >= 0.3 is 5.97 Å². The molecule has 1 aliphatic carbocycles. The van der Waals surface area contributed by atoms with E-state index >= 15 is 0 Å². The molecule has 0 saturated heterocycles. The molecule has 1 fully saturated rings. The van der Waals surface area contributed by atoms with Gasteiger partial charge in [0.2, 0.25) is 0 Å². The van der Waals surface area contributed by atoms with Gasteiger partial charge < -0.3 is 15.6 Å². The summed E-state index contributed by atoms with van der Waals surface area (Å²) in [5, 5.41) is 8.53. The third kappa shape index (κ3) is 2.30. The van der Waals surface area contributed by atoms with Crippen LogP contribution in [0.1, 0.15) is 18.4 Å². The lowest BCUT2D eigenvalue weighted by Crippen LogP contribution is -2.32. The maximum atomic E-state index is 12.2. The van der Waals surface area contributed by atoms with Gasteiger partial charge in [-0.1, -0.05) is 19.1 Å². The van der Waals surface area contributed by atoms with Gasteiger partial charge in [-0.15, -0.1) is 0 Å². The monoisotopic (exact) mass is 313 g/mol. The molecule has 1 saturated carbocycles. The molecule has 2 rings (SSSR count). The number of carboxylic acid groups (broad SMARTS) is 1. The van der Waals surface area contributed by atoms with E-state index in [0.717, 1.165) is 0 Å². The first kappa shape index (κ1) is 15.8. The maximum absolute atomic E-state index is 12.2. The molecule has 21 heavy (non-hydrogen) atoms. The molecule has 0 aromatic heterocycles. The Morgan fingerprint density at radius 3 is 2.33 bits per heavy atom. The second-order valence-electron chi connectivity index (χ2n) is 5.17. The summed E-state index contributed by atoms with van der Waals surface area (Å²) in [4.78, 5) is 11.6. The smallest absolute Gasteiger partial charge is 0.312 e. The van der Waals surface area contributed by atoms with Crippen molar-refractivity contribution in [1.82, 2.24) is 0 Å². The van der Waals surface area contributed by atoms with Crippen molar-refractivity contribution in [1.29, 1.82) is 0 Å². The normalized spacial score (nSPS) is 28.1. The summed E-state index contributed by atoms with van der Waals surface area (Å²) < 4.78 is 29.5. The number of nitrogens with two attached hydrogens (primary N) is 1. The molecule has 1 aliphatic rings. The molecule has 3 N–H and O–H groups in total. The molecule has 6 nitrogen and oxygen atoms in total. The van der Waals surface area contributed by atoms with E-state index in [1.807, 2.05) is 0 Å². The molecule has 0 aliphatic heterocycles. The van der Waals surface area contributed by atoms with Crippen LogP contribution in [-0.2, 0) is 14.6 Å². The van der Waals surface area contributed by atoms with Crippen molar-refractivity contribution in [2.75, 3.05) is 19.4 Å². The minimum atomic E-state index is -3.49. The van der Waals surface area contributed by atoms with Crippen LogP contribution in [0.3, 0.4) is 0 Å². The highest BCUT2D eigenvalue weighted by Crippen LogP contribution is 2.62. The van der Waals surface area contributed by atoms with Crippen molar-refractivity contribution in [3.8, 4) is 5.75 Å². The fourth-order valence-electron chi connectivity index (χ4n) is 2.98. The minimum absolute atomic E-state index is 0.0979. The summed E-state index contributed by atoms with van der Waals surface area (Å²) in [6, 6.07) is 6.77. The first-order chi connectivity index (χ1) is 9.85. The van der Waals surface area contributed by atoms with E-state index in [9.17, 15) is 18.3 Å². The standard InChI is InChI=1S/C14H19NO5S/c1-3-21(18,19)12-11(14(12,8-15)13(16)17)9-4-6-10(20-2)7-5-9/h4-7,11-12H,3,8,15H2,1-2H3,(H,16,17)/t11-,12-,14-/m1/s1. The summed E-state index contributed by atoms with van der Waals surface area (Å²) in [6.45, 7) is 1.31. The van der Waals surface area contributed by atoms with Gasteiger partial charge in [-0.25, -0.2) is 8.42 Å². The molecular formula is C14H19NO5S. The summed E-state index contributed by atoms with van der Waals surface area (Å²) in [5.74, 6) is -1.24. The molecule has 0 unspecified atom stereocenters. The van der Waals surface area contributed by atoms with Crippen molar-refractivity contribution in [3.63, 3.8) is 0 Å². The summed E-state index contributed by atoms with van der Waals surface area (Å²) in [5.41, 5.74) is 4.86. The number of carbonyl (C=O) groups is 1. The molecule has 0 bridgehead atoms. The number of ether oxygens (including phenoxy) is 1. The fourth-order valence-corrected chi connectivity index (χ4v) is 5.06. The number of carboxylic acids is 1. The van der Waals surface area contributed by atoms with E-state index in [0.29, 0.717) is 11.3 Å². The third-order valence-electron chi connectivity index (χ3n) is 4.26. The Balaban J connectivity index is 2.47. The summed E-state index contributed by atoms with van der Waals surface area (Å²) >= 11 is 0. The van der Waals surface area contributed by atoms with Crippen molar-refractivity contribution in [2.24, 2.45) is 11.1 Å². The number of rotatable bonds is 6. The van der Waals surface area contributed by atoms with Crippen molar-refractivity contribution in [3.05, 3.63) is 29.8 Å². The Morgan fingerprint density at radius 1 is 1.38 bits per heavy atom. The molecule has 0 heterocycles. The summed E-state index contributed by atoms with van der Waals surface area (Å²) in [6.07, 6.45) is 0. The zero-order valence-electron chi connectivity index (χ0n) is 11.9. The number of aliphatic carboxylic acids is 1. The lowest BCUT2D eigenvalue weighted by Gasteiger charge is -2.09. The molecule has 0 amide bonds. The Labute approximate surface area is 123 Å². The highest BCUT2D eigenvalue weighted by atomic mass is 32.2. The highest BCUT2D eigenvalue weighted by Gasteiger charge is 2.74. The topological polar surface area (TPSA) is 107 Å². The van der Waals surface area contributed by atoms with Gasteiger partial charge in [0.25, 0.3) is 0 Å². The van der Waals surface area contributed by atoms with Gasteiger partial charge in [-0.05, 0) is 17.7 Å². The van der Waals surface area contributed by atoms with E-state index in [2.05, 4.69) is 0 Å². The second-order valence-corrected chi connectivity index (χ2v) is 7.58. The zero-order chi connectivity index (χ0) is 15.8. The van der Waals surface area contributed by atoms with Crippen molar-refractivity contribution in [2.45, 2.75) is 18.1 Å². The Bertz CT molecular complexity index is 640. The molecule has 0 radical (unpaired) electrons. The van der Waals surface area contributed by atoms with Crippen LogP contribution >= 0.6 is 0 Å². The first-order valence-electron chi connectivity index (χ1n) is 6.64. The van der Waals surface area contributed by atoms with Gasteiger partial charge in [0.05, 0.1) is 12.4 Å². The number of hydrogen-bond acceptors (Lipinski definition) is 5. The van der Waals surface area contributed by atoms with Crippen LogP contribution in [0.2, 0.25) is 0 Å². The fraction of sp³-hybridized carbons (Fsp3) is 0.500.